The molecule has 0 spiro atoms. The van der Waals surface area contributed by atoms with Gasteiger partial charge in [-0.3, -0.25) is 0 Å². The summed E-state index contributed by atoms with van der Waals surface area (Å²) in [5.74, 6) is 0. The van der Waals surface area contributed by atoms with Gasteiger partial charge in [-0.1, -0.05) is 265 Å². The van der Waals surface area contributed by atoms with E-state index in [1.165, 1.54) is 72.3 Å². The van der Waals surface area contributed by atoms with E-state index in [9.17, 15) is 0 Å². The molecule has 3 heteroatoms. The molecule has 13 aromatic carbocycles. The molecule has 0 saturated carbocycles. The number of rotatable bonds is 20. The summed E-state index contributed by atoms with van der Waals surface area (Å²) in [6, 6.07) is 115. The van der Waals surface area contributed by atoms with Crippen molar-refractivity contribution in [3.05, 3.63) is 399 Å². The maximum atomic E-state index is 2.38. The smallest absolute Gasteiger partial charge is 0.0490 e. The van der Waals surface area contributed by atoms with Crippen LogP contribution in [0.1, 0.15) is 83.5 Å². The molecular weight excluding hydrogens is 1150 g/mol. The number of aryl methyl sites for hydroxylation is 8. The lowest BCUT2D eigenvalue weighted by molar-refractivity contribution is 0.960. The quantitative estimate of drug-likeness (QED) is 0.0704. The van der Waals surface area contributed by atoms with Crippen LogP contribution in [0.2, 0.25) is 0 Å². The fourth-order valence-electron chi connectivity index (χ4n) is 12.6. The van der Waals surface area contributed by atoms with Crippen LogP contribution < -0.4 is 14.7 Å². The third kappa shape index (κ3) is 15.2. The maximum Gasteiger partial charge on any atom is 0.0490 e. The topological polar surface area (TPSA) is 9.72 Å². The number of nitrogens with zero attached hydrogens (tertiary/aromatic N) is 3. The summed E-state index contributed by atoms with van der Waals surface area (Å²) in [5.41, 5.74) is 31.9. The summed E-state index contributed by atoms with van der Waals surface area (Å²) < 4.78 is 0. The first-order valence-electron chi connectivity index (χ1n) is 33.1. The monoisotopic (exact) mass is 1230 g/mol. The van der Waals surface area contributed by atoms with Crippen molar-refractivity contribution < 1.29 is 0 Å². The molecule has 0 amide bonds. The van der Waals surface area contributed by atoms with Crippen molar-refractivity contribution in [1.82, 2.24) is 0 Å². The number of hydrogen-bond donors (Lipinski definition) is 0. The summed E-state index contributed by atoms with van der Waals surface area (Å²) in [6.07, 6.45) is 13.0. The molecule has 462 valence electrons. The van der Waals surface area contributed by atoms with Crippen molar-refractivity contribution in [2.24, 2.45) is 0 Å². The Morgan fingerprint density at radius 3 is 0.895 bits per heavy atom. The average molecular weight is 1230 g/mol. The van der Waals surface area contributed by atoms with Crippen LogP contribution in [0, 0.1) is 41.5 Å². The summed E-state index contributed by atoms with van der Waals surface area (Å²) >= 11 is 0. The molecule has 0 aliphatic carbocycles. The molecule has 13 aromatic rings. The van der Waals surface area contributed by atoms with E-state index in [1.54, 1.807) is 0 Å². The maximum absolute atomic E-state index is 2.38. The molecule has 0 atom stereocenters. The second kappa shape index (κ2) is 29.0. The molecule has 0 unspecified atom stereocenters. The van der Waals surface area contributed by atoms with Gasteiger partial charge in [0.1, 0.15) is 0 Å². The van der Waals surface area contributed by atoms with E-state index in [2.05, 4.69) is 402 Å². The van der Waals surface area contributed by atoms with Crippen molar-refractivity contribution in [3.63, 3.8) is 0 Å². The lowest BCUT2D eigenvalue weighted by Gasteiger charge is -2.28. The van der Waals surface area contributed by atoms with Crippen molar-refractivity contribution in [2.75, 3.05) is 14.7 Å². The first-order valence-corrected chi connectivity index (χ1v) is 33.1. The van der Waals surface area contributed by atoms with Crippen LogP contribution in [-0.2, 0) is 12.8 Å². The van der Waals surface area contributed by atoms with Gasteiger partial charge in [-0.25, -0.2) is 0 Å². The minimum absolute atomic E-state index is 0.954. The molecule has 0 saturated heterocycles. The standard InChI is InChI=1S/C92H79N3/c1-66-17-23-72(24-18-66)25-32-76-37-51-86(52-38-76)94(91-61-21-68(3)63-70(91)5)88-57-43-79(44-58-88)80-45-59-89(60-46-80)95(92-62-22-69(4)64-71(92)6)87-53-39-77(40-54-87)34-31-74-28-26-73(27-29-74)30-33-75-35-49-84(50-36-75)93(83-47-19-67(2)20-48-83)85-55-41-78(42-56-85)65-90(81-13-9-7-10-14-81)82-15-11-8-12-16-82/h7-29,31-32,34-65H,30,33H2,1-6H3/b32-25+,34-31+. The lowest BCUT2D eigenvalue weighted by atomic mass is 9.95. The van der Waals surface area contributed by atoms with Gasteiger partial charge in [0.2, 0.25) is 0 Å². The van der Waals surface area contributed by atoms with Crippen LogP contribution in [0.15, 0.2) is 315 Å². The first kappa shape index (κ1) is 62.3. The van der Waals surface area contributed by atoms with Gasteiger partial charge in [0.15, 0.2) is 0 Å². The zero-order chi connectivity index (χ0) is 65.0. The van der Waals surface area contributed by atoms with Gasteiger partial charge >= 0.3 is 0 Å². The van der Waals surface area contributed by atoms with Gasteiger partial charge in [0, 0.05) is 51.2 Å². The van der Waals surface area contributed by atoms with Crippen LogP contribution in [0.25, 0.3) is 47.1 Å². The van der Waals surface area contributed by atoms with E-state index in [4.69, 9.17) is 0 Å². The van der Waals surface area contributed by atoms with Crippen LogP contribution in [-0.4, -0.2) is 0 Å². The van der Waals surface area contributed by atoms with Crippen LogP contribution in [0.5, 0.6) is 0 Å². The van der Waals surface area contributed by atoms with Crippen molar-refractivity contribution >= 4 is 87.1 Å². The molecule has 0 aliphatic rings. The lowest BCUT2D eigenvalue weighted by Crippen LogP contribution is -2.11. The predicted octanol–water partition coefficient (Wildman–Crippen LogP) is 25.3. The molecular formula is C92H79N3. The normalized spacial score (nSPS) is 11.3. The Morgan fingerprint density at radius 2 is 0.526 bits per heavy atom. The molecule has 0 fully saturated rings. The highest BCUT2D eigenvalue weighted by Gasteiger charge is 2.19. The predicted molar refractivity (Wildman–Crippen MR) is 409 cm³/mol. The first-order chi connectivity index (χ1) is 46.5. The Morgan fingerprint density at radius 1 is 0.253 bits per heavy atom. The Bertz CT molecular complexity index is 4740. The van der Waals surface area contributed by atoms with E-state index in [1.807, 2.05) is 0 Å². The average Bonchev–Trinajstić information content (AvgIpc) is 0.849. The molecule has 0 aromatic heterocycles. The van der Waals surface area contributed by atoms with E-state index >= 15 is 0 Å². The number of anilines is 9. The minimum Gasteiger partial charge on any atom is -0.311 e. The largest absolute Gasteiger partial charge is 0.311 e. The Labute approximate surface area is 562 Å². The molecule has 0 aliphatic heterocycles. The van der Waals surface area contributed by atoms with Gasteiger partial charge in [-0.2, -0.15) is 0 Å². The summed E-state index contributed by atoms with van der Waals surface area (Å²) in [6.45, 7) is 13.0. The van der Waals surface area contributed by atoms with Crippen molar-refractivity contribution in [2.45, 2.75) is 54.4 Å². The fourth-order valence-corrected chi connectivity index (χ4v) is 12.6. The molecule has 13 rings (SSSR count). The summed E-state index contributed by atoms with van der Waals surface area (Å²) in [7, 11) is 0. The highest BCUT2D eigenvalue weighted by molar-refractivity contribution is 5.92. The zero-order valence-electron chi connectivity index (χ0n) is 55.2. The van der Waals surface area contributed by atoms with E-state index in [-0.39, 0.29) is 0 Å². The molecule has 95 heavy (non-hydrogen) atoms. The van der Waals surface area contributed by atoms with Gasteiger partial charge in [-0.05, 0) is 235 Å². The summed E-state index contributed by atoms with van der Waals surface area (Å²) in [4.78, 5) is 7.09. The highest BCUT2D eigenvalue weighted by atomic mass is 15.2. The minimum atomic E-state index is 0.954. The van der Waals surface area contributed by atoms with Gasteiger partial charge < -0.3 is 14.7 Å². The second-order valence-corrected chi connectivity index (χ2v) is 25.1. The Kier molecular flexibility index (Phi) is 19.0. The third-order valence-corrected chi connectivity index (χ3v) is 17.9. The highest BCUT2D eigenvalue weighted by Crippen LogP contribution is 2.42. The molecule has 3 nitrogen and oxygen atoms in total. The van der Waals surface area contributed by atoms with Gasteiger partial charge in [0.05, 0.1) is 0 Å². The molecule has 0 heterocycles. The number of benzene rings is 13. The Balaban J connectivity index is 0.667. The van der Waals surface area contributed by atoms with E-state index in [0.717, 1.165) is 91.8 Å². The third-order valence-electron chi connectivity index (χ3n) is 17.9. The second-order valence-electron chi connectivity index (χ2n) is 25.1. The fraction of sp³-hybridized carbons (Fsp3) is 0.0870. The number of hydrogen-bond acceptors (Lipinski definition) is 3. The van der Waals surface area contributed by atoms with Crippen LogP contribution in [0.3, 0.4) is 0 Å². The summed E-state index contributed by atoms with van der Waals surface area (Å²) in [5, 5.41) is 0. The molecule has 0 bridgehead atoms. The van der Waals surface area contributed by atoms with E-state index in [0.29, 0.717) is 0 Å². The SMILES string of the molecule is Cc1ccc(/C=C/c2ccc(N(c3ccc(-c4ccc(N(c5ccc(/C=C/c6ccc(CCc7ccc(N(c8ccc(C)cc8)c8ccc(C=C(c9ccccc9)c9ccccc9)cc8)cc7)cc6)cc5)c5ccc(C)cc5C)cc4)cc3)c3ccc(C)cc3C)cc2)cc1. The van der Waals surface area contributed by atoms with Crippen LogP contribution >= 0.6 is 0 Å². The Hall–Kier alpha value is -11.5. The molecule has 0 N–H and O–H groups in total. The van der Waals surface area contributed by atoms with Crippen LogP contribution in [0.4, 0.5) is 51.2 Å². The zero-order valence-corrected chi connectivity index (χ0v) is 55.2. The van der Waals surface area contributed by atoms with Crippen molar-refractivity contribution in [1.29, 1.82) is 0 Å². The van der Waals surface area contributed by atoms with Gasteiger partial charge in [-0.15, -0.1) is 0 Å². The van der Waals surface area contributed by atoms with Gasteiger partial charge in [0.25, 0.3) is 0 Å². The van der Waals surface area contributed by atoms with E-state index < -0.39 is 0 Å². The van der Waals surface area contributed by atoms with Crippen molar-refractivity contribution in [3.8, 4) is 11.1 Å². The molecule has 0 radical (unpaired) electrons.